The van der Waals surface area contributed by atoms with Gasteiger partial charge >= 0.3 is 0 Å². The lowest BCUT2D eigenvalue weighted by Crippen LogP contribution is -2.24. The number of nitrogens with zero attached hydrogens (tertiary/aromatic N) is 3. The Bertz CT molecular complexity index is 615. The summed E-state index contributed by atoms with van der Waals surface area (Å²) < 4.78 is 3.18. The first kappa shape index (κ1) is 12.0. The lowest BCUT2D eigenvalue weighted by Gasteiger charge is -2.08. The van der Waals surface area contributed by atoms with Crippen molar-refractivity contribution in [2.45, 2.75) is 26.9 Å². The average molecular weight is 248 g/mol. The molecule has 0 aliphatic rings. The van der Waals surface area contributed by atoms with Gasteiger partial charge in [-0.1, -0.05) is 23.5 Å². The second kappa shape index (κ2) is 4.81. The van der Waals surface area contributed by atoms with Crippen molar-refractivity contribution in [3.05, 3.63) is 29.1 Å². The van der Waals surface area contributed by atoms with Crippen LogP contribution in [-0.2, 0) is 0 Å². The van der Waals surface area contributed by atoms with Crippen LogP contribution >= 0.6 is 11.3 Å². The van der Waals surface area contributed by atoms with E-state index in [0.717, 1.165) is 16.0 Å². The van der Waals surface area contributed by atoms with Gasteiger partial charge in [0.25, 0.3) is 0 Å². The molecule has 1 aromatic carbocycles. The van der Waals surface area contributed by atoms with Crippen molar-refractivity contribution >= 4 is 27.3 Å². The Balaban J connectivity index is 2.75. The highest BCUT2D eigenvalue weighted by atomic mass is 32.1. The number of fused-ring (bicyclic) bond motifs is 1. The second-order valence-corrected chi connectivity index (χ2v) is 5.12. The van der Waals surface area contributed by atoms with Crippen molar-refractivity contribution in [1.82, 2.24) is 4.57 Å². The van der Waals surface area contributed by atoms with Gasteiger partial charge in [0.05, 0.1) is 16.4 Å². The third-order valence-electron chi connectivity index (χ3n) is 2.27. The third kappa shape index (κ3) is 2.45. The van der Waals surface area contributed by atoms with Crippen molar-refractivity contribution in [2.24, 2.45) is 15.9 Å². The van der Waals surface area contributed by atoms with Crippen molar-refractivity contribution in [1.29, 1.82) is 0 Å². The second-order valence-electron chi connectivity index (χ2n) is 4.11. The molecule has 2 N–H and O–H groups in total. The van der Waals surface area contributed by atoms with Gasteiger partial charge in [0.15, 0.2) is 0 Å². The van der Waals surface area contributed by atoms with Crippen LogP contribution in [0.5, 0.6) is 0 Å². The predicted octanol–water partition coefficient (Wildman–Crippen LogP) is 2.48. The van der Waals surface area contributed by atoms with Crippen LogP contribution in [0.1, 0.15) is 26.9 Å². The Morgan fingerprint density at radius 1 is 1.35 bits per heavy atom. The highest BCUT2D eigenvalue weighted by Crippen LogP contribution is 2.18. The van der Waals surface area contributed by atoms with Crippen LogP contribution in [0.4, 0.5) is 0 Å². The summed E-state index contributed by atoms with van der Waals surface area (Å²) in [4.78, 5) is 0.836. The van der Waals surface area contributed by atoms with Gasteiger partial charge in [-0.25, -0.2) is 0 Å². The molecule has 0 bridgehead atoms. The van der Waals surface area contributed by atoms with Crippen molar-refractivity contribution in [2.75, 3.05) is 0 Å². The maximum atomic E-state index is 5.99. The van der Waals surface area contributed by atoms with Crippen LogP contribution in [0, 0.1) is 0 Å². The van der Waals surface area contributed by atoms with Gasteiger partial charge in [0, 0.05) is 5.71 Å². The molecule has 0 saturated carbocycles. The molecule has 1 atom stereocenters. The van der Waals surface area contributed by atoms with Gasteiger partial charge in [-0.05, 0) is 32.9 Å². The summed E-state index contributed by atoms with van der Waals surface area (Å²) in [6.45, 7) is 5.79. The number of hydrogen-bond acceptors (Lipinski definition) is 4. The number of nitrogens with two attached hydrogens (primary N) is 1. The van der Waals surface area contributed by atoms with E-state index in [9.17, 15) is 0 Å². The van der Waals surface area contributed by atoms with Crippen LogP contribution in [-0.4, -0.2) is 10.3 Å². The molecule has 0 saturated heterocycles. The number of aromatic nitrogens is 1. The number of para-hydroxylation sites is 1. The Hall–Kier alpha value is -1.46. The van der Waals surface area contributed by atoms with Crippen LogP contribution < -0.4 is 10.5 Å². The largest absolute Gasteiger partial charge is 0.311 e. The van der Waals surface area contributed by atoms with Crippen LogP contribution in [0.3, 0.4) is 0 Å². The summed E-state index contributed by atoms with van der Waals surface area (Å²) in [5, 5.41) is 8.36. The summed E-state index contributed by atoms with van der Waals surface area (Å²) in [5.41, 5.74) is 8.03. The van der Waals surface area contributed by atoms with Gasteiger partial charge in [-0.3, -0.25) is 4.57 Å². The van der Waals surface area contributed by atoms with E-state index in [1.165, 1.54) is 4.70 Å². The summed E-state index contributed by atoms with van der Waals surface area (Å²) in [7, 11) is 0. The first-order chi connectivity index (χ1) is 8.09. The molecule has 0 fully saturated rings. The Morgan fingerprint density at radius 3 is 2.71 bits per heavy atom. The molecule has 0 aliphatic carbocycles. The maximum absolute atomic E-state index is 5.99. The van der Waals surface area contributed by atoms with Gasteiger partial charge in [0.2, 0.25) is 4.80 Å². The highest BCUT2D eigenvalue weighted by molar-refractivity contribution is 7.16. The van der Waals surface area contributed by atoms with Gasteiger partial charge < -0.3 is 5.73 Å². The minimum absolute atomic E-state index is 0.114. The molecule has 0 aliphatic heterocycles. The van der Waals surface area contributed by atoms with E-state index in [2.05, 4.69) is 22.3 Å². The van der Waals surface area contributed by atoms with Crippen molar-refractivity contribution in [3.8, 4) is 0 Å². The van der Waals surface area contributed by atoms with Gasteiger partial charge in [-0.2, -0.15) is 5.10 Å². The monoisotopic (exact) mass is 248 g/mol. The molecule has 0 spiro atoms. The lowest BCUT2D eigenvalue weighted by molar-refractivity contribution is 0.573. The average Bonchev–Trinajstić information content (AvgIpc) is 2.64. The Labute approximate surface area is 104 Å². The van der Waals surface area contributed by atoms with Crippen molar-refractivity contribution in [3.63, 3.8) is 0 Å². The highest BCUT2D eigenvalue weighted by Gasteiger charge is 2.08. The molecular formula is C12H16N4S. The lowest BCUT2D eigenvalue weighted by atomic mass is 10.3. The quantitative estimate of drug-likeness (QED) is 0.644. The van der Waals surface area contributed by atoms with Crippen LogP contribution in [0.15, 0.2) is 34.5 Å². The van der Waals surface area contributed by atoms with Gasteiger partial charge in [0.1, 0.15) is 0 Å². The molecule has 17 heavy (non-hydrogen) atoms. The van der Waals surface area contributed by atoms with E-state index < -0.39 is 0 Å². The molecule has 4 nitrogen and oxygen atoms in total. The molecule has 90 valence electrons. The molecule has 1 unspecified atom stereocenters. The van der Waals surface area contributed by atoms with Crippen LogP contribution in [0.25, 0.3) is 10.2 Å². The van der Waals surface area contributed by atoms with Crippen LogP contribution in [0.2, 0.25) is 0 Å². The predicted molar refractivity (Wildman–Crippen MR) is 73.1 cm³/mol. The Morgan fingerprint density at radius 2 is 2.06 bits per heavy atom. The topological polar surface area (TPSA) is 55.7 Å². The van der Waals surface area contributed by atoms with Crippen molar-refractivity contribution < 1.29 is 0 Å². The number of rotatable bonds is 2. The van der Waals surface area contributed by atoms with E-state index in [4.69, 9.17) is 5.73 Å². The molecule has 2 aromatic rings. The standard InChI is InChI=1S/C12H16N4S/c1-8(2)14-15-12-16(9(3)13)10-6-4-5-7-11(10)17-12/h4-7,9H,13H2,1-3H3/b15-12-. The molecule has 0 radical (unpaired) electrons. The normalized spacial score (nSPS) is 14.0. The fraction of sp³-hybridized carbons (Fsp3) is 0.333. The van der Waals surface area contributed by atoms with E-state index in [1.807, 2.05) is 37.5 Å². The van der Waals surface area contributed by atoms with Gasteiger partial charge in [-0.15, -0.1) is 5.10 Å². The first-order valence-corrected chi connectivity index (χ1v) is 6.32. The molecule has 1 aromatic heterocycles. The third-order valence-corrected chi connectivity index (χ3v) is 3.30. The Kier molecular flexibility index (Phi) is 3.40. The SMILES string of the molecule is CC(C)=N/N=c1\sc2ccccc2n1C(C)N. The molecule has 1 heterocycles. The fourth-order valence-electron chi connectivity index (χ4n) is 1.60. The zero-order valence-electron chi connectivity index (χ0n) is 10.2. The summed E-state index contributed by atoms with van der Waals surface area (Å²) in [6, 6.07) is 8.14. The summed E-state index contributed by atoms with van der Waals surface area (Å²) >= 11 is 1.60. The molecule has 0 amide bonds. The van der Waals surface area contributed by atoms with E-state index >= 15 is 0 Å². The number of thiazole rings is 1. The minimum atomic E-state index is -0.114. The molecule has 5 heteroatoms. The smallest absolute Gasteiger partial charge is 0.212 e. The van der Waals surface area contributed by atoms with E-state index in [1.54, 1.807) is 11.3 Å². The zero-order chi connectivity index (χ0) is 12.4. The maximum Gasteiger partial charge on any atom is 0.212 e. The fourth-order valence-corrected chi connectivity index (χ4v) is 2.66. The molecular weight excluding hydrogens is 232 g/mol. The first-order valence-electron chi connectivity index (χ1n) is 5.50. The summed E-state index contributed by atoms with van der Waals surface area (Å²) in [6.07, 6.45) is -0.114. The molecule has 2 rings (SSSR count). The minimum Gasteiger partial charge on any atom is -0.311 e. The zero-order valence-corrected chi connectivity index (χ0v) is 11.0. The number of benzene rings is 1. The van der Waals surface area contributed by atoms with E-state index in [0.29, 0.717) is 0 Å². The number of hydrogen-bond donors (Lipinski definition) is 1. The van der Waals surface area contributed by atoms with E-state index in [-0.39, 0.29) is 6.17 Å². The summed E-state index contributed by atoms with van der Waals surface area (Å²) in [5.74, 6) is 0.